The minimum absolute atomic E-state index is 0.0124. The number of carboxylic acid groups (broad SMARTS) is 1. The van der Waals surface area contributed by atoms with Gasteiger partial charge in [0.05, 0.1) is 5.92 Å². The fourth-order valence-corrected chi connectivity index (χ4v) is 3.25. The van der Waals surface area contributed by atoms with Crippen LogP contribution in [0.3, 0.4) is 0 Å². The lowest BCUT2D eigenvalue weighted by molar-refractivity contribution is -0.143. The van der Waals surface area contributed by atoms with Gasteiger partial charge in [-0.3, -0.25) is 4.79 Å². The predicted molar refractivity (Wildman–Crippen MR) is 71.9 cm³/mol. The number of piperidine rings is 1. The molecule has 1 aliphatic carbocycles. The zero-order valence-electron chi connectivity index (χ0n) is 11.6. The van der Waals surface area contributed by atoms with Crippen LogP contribution in [0.15, 0.2) is 0 Å². The fourth-order valence-electron chi connectivity index (χ4n) is 3.25. The Morgan fingerprint density at radius 2 is 1.95 bits per heavy atom. The second kappa shape index (κ2) is 6.26. The van der Waals surface area contributed by atoms with E-state index in [4.69, 9.17) is 5.11 Å². The number of hydrogen-bond donors (Lipinski definition) is 2. The molecule has 0 aromatic rings. The molecule has 2 atom stereocenters. The lowest BCUT2D eigenvalue weighted by Crippen LogP contribution is -2.50. The summed E-state index contributed by atoms with van der Waals surface area (Å²) in [5.74, 6) is -0.400. The summed E-state index contributed by atoms with van der Waals surface area (Å²) in [4.78, 5) is 24.9. The van der Waals surface area contributed by atoms with Gasteiger partial charge >= 0.3 is 12.0 Å². The highest BCUT2D eigenvalue weighted by Crippen LogP contribution is 2.25. The van der Waals surface area contributed by atoms with Crippen molar-refractivity contribution in [3.8, 4) is 0 Å². The van der Waals surface area contributed by atoms with Gasteiger partial charge in [-0.15, -0.1) is 0 Å². The van der Waals surface area contributed by atoms with Gasteiger partial charge in [0.2, 0.25) is 0 Å². The smallest absolute Gasteiger partial charge is 0.317 e. The maximum Gasteiger partial charge on any atom is 0.317 e. The van der Waals surface area contributed by atoms with E-state index in [0.29, 0.717) is 25.3 Å². The summed E-state index contributed by atoms with van der Waals surface area (Å²) in [6, 6.07) is -0.0123. The van der Waals surface area contributed by atoms with Crippen LogP contribution in [-0.4, -0.2) is 41.1 Å². The Morgan fingerprint density at radius 1 is 1.26 bits per heavy atom. The number of nitrogens with zero attached hydrogens (tertiary/aromatic N) is 1. The number of rotatable bonds is 3. The lowest BCUT2D eigenvalue weighted by atomic mass is 9.92. The van der Waals surface area contributed by atoms with Crippen LogP contribution in [0.1, 0.15) is 45.4 Å². The van der Waals surface area contributed by atoms with Gasteiger partial charge < -0.3 is 15.3 Å². The lowest BCUT2D eigenvalue weighted by Gasteiger charge is -2.36. The summed E-state index contributed by atoms with van der Waals surface area (Å²) in [6.45, 7) is 3.25. The zero-order valence-corrected chi connectivity index (χ0v) is 11.6. The predicted octanol–water partition coefficient (Wildman–Crippen LogP) is 2.07. The summed E-state index contributed by atoms with van der Waals surface area (Å²) < 4.78 is 0. The number of aliphatic carboxylic acids is 1. The van der Waals surface area contributed by atoms with E-state index in [1.807, 2.05) is 6.92 Å². The van der Waals surface area contributed by atoms with E-state index in [1.54, 1.807) is 4.90 Å². The van der Waals surface area contributed by atoms with Crippen LogP contribution >= 0.6 is 0 Å². The number of carboxylic acids is 1. The van der Waals surface area contributed by atoms with Crippen molar-refractivity contribution in [2.45, 2.75) is 51.5 Å². The first-order valence-electron chi connectivity index (χ1n) is 7.35. The van der Waals surface area contributed by atoms with Crippen molar-refractivity contribution in [3.05, 3.63) is 0 Å². The van der Waals surface area contributed by atoms with Crippen molar-refractivity contribution >= 4 is 12.0 Å². The van der Waals surface area contributed by atoms with Gasteiger partial charge in [0.1, 0.15) is 0 Å². The topological polar surface area (TPSA) is 69.6 Å². The van der Waals surface area contributed by atoms with E-state index in [0.717, 1.165) is 6.54 Å². The first-order valence-corrected chi connectivity index (χ1v) is 7.35. The highest BCUT2D eigenvalue weighted by Gasteiger charge is 2.32. The van der Waals surface area contributed by atoms with Crippen molar-refractivity contribution in [2.24, 2.45) is 11.8 Å². The number of carbonyl (C=O) groups is 2. The van der Waals surface area contributed by atoms with Crippen LogP contribution in [-0.2, 0) is 4.79 Å². The fraction of sp³-hybridized carbons (Fsp3) is 0.857. The van der Waals surface area contributed by atoms with Gasteiger partial charge in [0.25, 0.3) is 0 Å². The molecule has 2 aliphatic rings. The van der Waals surface area contributed by atoms with Gasteiger partial charge in [0.15, 0.2) is 0 Å². The molecule has 5 heteroatoms. The molecule has 2 rings (SSSR count). The molecule has 1 aliphatic heterocycles. The van der Waals surface area contributed by atoms with E-state index in [-0.39, 0.29) is 18.0 Å². The van der Waals surface area contributed by atoms with Crippen LogP contribution in [0.25, 0.3) is 0 Å². The maximum atomic E-state index is 12.1. The standard InChI is InChI=1S/C14H24N2O3/c1-10-8-12(13(17)18)6-7-16(10)14(19)15-9-11-4-2-3-5-11/h10-12H,2-9H2,1H3,(H,15,19)(H,17,18). The maximum absolute atomic E-state index is 12.1. The molecule has 1 saturated heterocycles. The Kier molecular flexibility index (Phi) is 4.66. The molecule has 1 saturated carbocycles. The largest absolute Gasteiger partial charge is 0.481 e. The van der Waals surface area contributed by atoms with E-state index in [1.165, 1.54) is 25.7 Å². The third-order valence-electron chi connectivity index (χ3n) is 4.50. The van der Waals surface area contributed by atoms with Gasteiger partial charge in [-0.2, -0.15) is 0 Å². The monoisotopic (exact) mass is 268 g/mol. The SMILES string of the molecule is CC1CC(C(=O)O)CCN1C(=O)NCC1CCCC1. The second-order valence-electron chi connectivity index (χ2n) is 5.94. The Morgan fingerprint density at radius 3 is 2.53 bits per heavy atom. The molecule has 0 aromatic carbocycles. The molecule has 1 heterocycles. The molecule has 2 amide bonds. The van der Waals surface area contributed by atoms with E-state index in [9.17, 15) is 9.59 Å². The van der Waals surface area contributed by atoms with Crippen LogP contribution in [0.4, 0.5) is 4.79 Å². The third kappa shape index (κ3) is 3.61. The van der Waals surface area contributed by atoms with Crippen LogP contribution in [0.5, 0.6) is 0 Å². The molecule has 0 radical (unpaired) electrons. The van der Waals surface area contributed by atoms with Crippen LogP contribution in [0.2, 0.25) is 0 Å². The zero-order chi connectivity index (χ0) is 13.8. The summed E-state index contributed by atoms with van der Waals surface area (Å²) in [7, 11) is 0. The van der Waals surface area contributed by atoms with Gasteiger partial charge in [-0.1, -0.05) is 12.8 Å². The molecule has 2 fully saturated rings. The van der Waals surface area contributed by atoms with E-state index >= 15 is 0 Å². The Bertz CT molecular complexity index is 340. The van der Waals surface area contributed by atoms with Crippen molar-refractivity contribution in [1.29, 1.82) is 0 Å². The summed E-state index contributed by atoms with van der Waals surface area (Å²) in [5.41, 5.74) is 0. The molecular weight excluding hydrogens is 244 g/mol. The van der Waals surface area contributed by atoms with Crippen molar-refractivity contribution in [1.82, 2.24) is 10.2 Å². The van der Waals surface area contributed by atoms with Crippen LogP contribution < -0.4 is 5.32 Å². The number of hydrogen-bond acceptors (Lipinski definition) is 2. The highest BCUT2D eigenvalue weighted by molar-refractivity contribution is 5.75. The van der Waals surface area contributed by atoms with E-state index < -0.39 is 5.97 Å². The number of nitrogens with one attached hydrogen (secondary N) is 1. The number of amides is 2. The minimum Gasteiger partial charge on any atom is -0.481 e. The highest BCUT2D eigenvalue weighted by atomic mass is 16.4. The van der Waals surface area contributed by atoms with Gasteiger partial charge in [-0.25, -0.2) is 4.79 Å². The van der Waals surface area contributed by atoms with Crippen molar-refractivity contribution < 1.29 is 14.7 Å². The van der Waals surface area contributed by atoms with E-state index in [2.05, 4.69) is 5.32 Å². The summed E-state index contributed by atoms with van der Waals surface area (Å²) >= 11 is 0. The first kappa shape index (κ1) is 14.2. The minimum atomic E-state index is -0.738. The normalized spacial score (nSPS) is 28.4. The molecule has 2 unspecified atom stereocenters. The van der Waals surface area contributed by atoms with Crippen LogP contribution in [0, 0.1) is 11.8 Å². The van der Waals surface area contributed by atoms with Crippen molar-refractivity contribution in [3.63, 3.8) is 0 Å². The number of carbonyl (C=O) groups excluding carboxylic acids is 1. The molecule has 2 N–H and O–H groups in total. The molecule has 0 bridgehead atoms. The second-order valence-corrected chi connectivity index (χ2v) is 5.94. The van der Waals surface area contributed by atoms with Gasteiger partial charge in [-0.05, 0) is 38.5 Å². The number of likely N-dealkylation sites (tertiary alicyclic amines) is 1. The quantitative estimate of drug-likeness (QED) is 0.823. The average Bonchev–Trinajstić information content (AvgIpc) is 2.88. The average molecular weight is 268 g/mol. The Hall–Kier alpha value is -1.26. The molecule has 19 heavy (non-hydrogen) atoms. The summed E-state index contributed by atoms with van der Waals surface area (Å²) in [5, 5.41) is 12.0. The molecule has 0 spiro atoms. The molecule has 5 nitrogen and oxygen atoms in total. The number of urea groups is 1. The molecule has 108 valence electrons. The Labute approximate surface area is 114 Å². The molecular formula is C14H24N2O3. The molecule has 0 aromatic heterocycles. The third-order valence-corrected chi connectivity index (χ3v) is 4.50. The van der Waals surface area contributed by atoms with Crippen molar-refractivity contribution in [2.75, 3.05) is 13.1 Å². The first-order chi connectivity index (χ1) is 9.08. The Balaban J connectivity index is 1.77. The summed E-state index contributed by atoms with van der Waals surface area (Å²) in [6.07, 6.45) is 6.12. The van der Waals surface area contributed by atoms with Gasteiger partial charge in [0, 0.05) is 19.1 Å².